The van der Waals surface area contributed by atoms with Crippen molar-refractivity contribution in [3.05, 3.63) is 6.92 Å². The van der Waals surface area contributed by atoms with Gasteiger partial charge >= 0.3 is 0 Å². The molecule has 0 N–H and O–H groups in total. The van der Waals surface area contributed by atoms with E-state index in [1.165, 1.54) is 90.3 Å². The Hall–Kier alpha value is -0.0400. The van der Waals surface area contributed by atoms with Crippen molar-refractivity contribution in [3.8, 4) is 0 Å². The summed E-state index contributed by atoms with van der Waals surface area (Å²) in [6.45, 7) is 10.4. The number of hydrogen-bond donors (Lipinski definition) is 0. The van der Waals surface area contributed by atoms with Crippen LogP contribution in [-0.2, 0) is 0 Å². The Labute approximate surface area is 115 Å². The molecule has 1 nitrogen and oxygen atoms in total. The lowest BCUT2D eigenvalue weighted by atomic mass is 9.99. The number of unbranched alkanes of at least 4 members (excludes halogenated alkanes) is 8. The molecule has 1 heterocycles. The van der Waals surface area contributed by atoms with Crippen molar-refractivity contribution in [2.24, 2.45) is 5.92 Å². The normalized spacial score (nSPS) is 18.3. The Morgan fingerprint density at radius 2 is 1.33 bits per heavy atom. The molecule has 0 aromatic carbocycles. The molecule has 0 atom stereocenters. The second-order valence-electron chi connectivity index (χ2n) is 6.11. The van der Waals surface area contributed by atoms with Crippen LogP contribution in [0, 0.1) is 12.8 Å². The van der Waals surface area contributed by atoms with E-state index in [9.17, 15) is 0 Å². The molecule has 1 radical (unpaired) electrons. The maximum Gasteiger partial charge on any atom is -0.00161 e. The van der Waals surface area contributed by atoms with Crippen molar-refractivity contribution in [1.82, 2.24) is 4.90 Å². The SMILES string of the molecule is [CH2]C1CCN(CCCCCCCCCCC)CC1. The third-order valence-corrected chi connectivity index (χ3v) is 4.29. The molecule has 0 aliphatic carbocycles. The topological polar surface area (TPSA) is 3.24 Å². The minimum Gasteiger partial charge on any atom is -0.303 e. The second kappa shape index (κ2) is 10.8. The first-order valence-corrected chi connectivity index (χ1v) is 8.38. The van der Waals surface area contributed by atoms with Gasteiger partial charge in [-0.2, -0.15) is 0 Å². The number of piperidine rings is 1. The molecule has 0 spiro atoms. The molecule has 0 aromatic rings. The molecule has 1 aliphatic rings. The number of hydrogen-bond acceptors (Lipinski definition) is 1. The van der Waals surface area contributed by atoms with Crippen molar-refractivity contribution >= 4 is 0 Å². The van der Waals surface area contributed by atoms with E-state index in [-0.39, 0.29) is 0 Å². The lowest BCUT2D eigenvalue weighted by Gasteiger charge is -2.30. The van der Waals surface area contributed by atoms with Crippen LogP contribution < -0.4 is 0 Å². The lowest BCUT2D eigenvalue weighted by Crippen LogP contribution is -2.33. The van der Waals surface area contributed by atoms with E-state index in [0.717, 1.165) is 5.92 Å². The summed E-state index contributed by atoms with van der Waals surface area (Å²) in [4.78, 5) is 2.64. The standard InChI is InChI=1S/C17H34N/c1-3-4-5-6-7-8-9-10-11-14-18-15-12-17(2)13-16-18/h17H,2-16H2,1H3. The fraction of sp³-hybridized carbons (Fsp3) is 0.941. The molecular weight excluding hydrogens is 218 g/mol. The average Bonchev–Trinajstić information content (AvgIpc) is 2.39. The number of nitrogens with zero attached hydrogens (tertiary/aromatic N) is 1. The zero-order valence-corrected chi connectivity index (χ0v) is 12.6. The summed E-state index contributed by atoms with van der Waals surface area (Å²) in [6.07, 6.45) is 15.6. The summed E-state index contributed by atoms with van der Waals surface area (Å²) < 4.78 is 0. The second-order valence-corrected chi connectivity index (χ2v) is 6.11. The van der Waals surface area contributed by atoms with Gasteiger partial charge in [0.25, 0.3) is 0 Å². The molecule has 1 aliphatic heterocycles. The summed E-state index contributed by atoms with van der Waals surface area (Å²) in [5.41, 5.74) is 0. The molecule has 18 heavy (non-hydrogen) atoms. The van der Waals surface area contributed by atoms with Gasteiger partial charge in [-0.05, 0) is 44.8 Å². The monoisotopic (exact) mass is 252 g/mol. The van der Waals surface area contributed by atoms with E-state index < -0.39 is 0 Å². The molecule has 0 bridgehead atoms. The van der Waals surface area contributed by atoms with Crippen LogP contribution in [0.4, 0.5) is 0 Å². The summed E-state index contributed by atoms with van der Waals surface area (Å²) in [5, 5.41) is 0. The third-order valence-electron chi connectivity index (χ3n) is 4.29. The van der Waals surface area contributed by atoms with Gasteiger partial charge in [-0.1, -0.05) is 65.2 Å². The predicted octanol–water partition coefficient (Wildman–Crippen LogP) is 5.06. The molecule has 1 heteroatoms. The van der Waals surface area contributed by atoms with Crippen LogP contribution in [0.25, 0.3) is 0 Å². The van der Waals surface area contributed by atoms with E-state index in [2.05, 4.69) is 18.7 Å². The minimum absolute atomic E-state index is 0.726. The smallest absolute Gasteiger partial charge is 0.00161 e. The molecule has 1 rings (SSSR count). The molecule has 0 amide bonds. The Kier molecular flexibility index (Phi) is 9.65. The van der Waals surface area contributed by atoms with E-state index in [1.54, 1.807) is 0 Å². The largest absolute Gasteiger partial charge is 0.303 e. The van der Waals surface area contributed by atoms with Gasteiger partial charge in [0.2, 0.25) is 0 Å². The van der Waals surface area contributed by atoms with Gasteiger partial charge in [0.15, 0.2) is 0 Å². The molecular formula is C17H34N. The predicted molar refractivity (Wildman–Crippen MR) is 81.7 cm³/mol. The summed E-state index contributed by atoms with van der Waals surface area (Å²) in [5.74, 6) is 0.726. The van der Waals surface area contributed by atoms with E-state index in [0.29, 0.717) is 0 Å². The minimum atomic E-state index is 0.726. The Bertz CT molecular complexity index is 170. The van der Waals surface area contributed by atoms with Gasteiger partial charge < -0.3 is 4.90 Å². The van der Waals surface area contributed by atoms with Crippen molar-refractivity contribution in [2.45, 2.75) is 77.6 Å². The molecule has 0 unspecified atom stereocenters. The number of likely N-dealkylation sites (tertiary alicyclic amines) is 1. The molecule has 0 aromatic heterocycles. The van der Waals surface area contributed by atoms with Gasteiger partial charge in [0.05, 0.1) is 0 Å². The maximum atomic E-state index is 4.16. The molecule has 0 saturated carbocycles. The number of rotatable bonds is 10. The fourth-order valence-electron chi connectivity index (χ4n) is 2.86. The Morgan fingerprint density at radius 3 is 1.89 bits per heavy atom. The highest BCUT2D eigenvalue weighted by molar-refractivity contribution is 4.73. The zero-order chi connectivity index (χ0) is 13.1. The van der Waals surface area contributed by atoms with Crippen LogP contribution in [0.5, 0.6) is 0 Å². The van der Waals surface area contributed by atoms with Crippen LogP contribution in [0.1, 0.15) is 77.6 Å². The zero-order valence-electron chi connectivity index (χ0n) is 12.6. The van der Waals surface area contributed by atoms with Gasteiger partial charge in [-0.25, -0.2) is 0 Å². The maximum absolute atomic E-state index is 4.16. The average molecular weight is 252 g/mol. The van der Waals surface area contributed by atoms with E-state index >= 15 is 0 Å². The van der Waals surface area contributed by atoms with Crippen molar-refractivity contribution in [1.29, 1.82) is 0 Å². The first-order valence-electron chi connectivity index (χ1n) is 8.38. The summed E-state index contributed by atoms with van der Waals surface area (Å²) >= 11 is 0. The van der Waals surface area contributed by atoms with Crippen molar-refractivity contribution in [3.63, 3.8) is 0 Å². The quantitative estimate of drug-likeness (QED) is 0.491. The van der Waals surface area contributed by atoms with E-state index in [1.807, 2.05) is 0 Å². The lowest BCUT2D eigenvalue weighted by molar-refractivity contribution is 0.198. The fourth-order valence-corrected chi connectivity index (χ4v) is 2.86. The molecule has 1 saturated heterocycles. The summed E-state index contributed by atoms with van der Waals surface area (Å²) in [6, 6.07) is 0. The van der Waals surface area contributed by atoms with Crippen LogP contribution in [0.3, 0.4) is 0 Å². The van der Waals surface area contributed by atoms with Gasteiger partial charge in [0.1, 0.15) is 0 Å². The van der Waals surface area contributed by atoms with E-state index in [4.69, 9.17) is 0 Å². The first-order chi connectivity index (χ1) is 8.83. The van der Waals surface area contributed by atoms with Gasteiger partial charge in [-0.15, -0.1) is 0 Å². The van der Waals surface area contributed by atoms with Gasteiger partial charge in [-0.3, -0.25) is 0 Å². The van der Waals surface area contributed by atoms with Crippen LogP contribution in [0.2, 0.25) is 0 Å². The van der Waals surface area contributed by atoms with Crippen LogP contribution >= 0.6 is 0 Å². The molecule has 1 fully saturated rings. The highest BCUT2D eigenvalue weighted by Crippen LogP contribution is 2.16. The highest BCUT2D eigenvalue weighted by atomic mass is 15.1. The molecule has 107 valence electrons. The summed E-state index contributed by atoms with van der Waals surface area (Å²) in [7, 11) is 0. The van der Waals surface area contributed by atoms with Crippen molar-refractivity contribution in [2.75, 3.05) is 19.6 Å². The van der Waals surface area contributed by atoms with Gasteiger partial charge in [0, 0.05) is 0 Å². The Morgan fingerprint density at radius 1 is 0.833 bits per heavy atom. The van der Waals surface area contributed by atoms with Crippen LogP contribution in [0.15, 0.2) is 0 Å². The van der Waals surface area contributed by atoms with Crippen LogP contribution in [-0.4, -0.2) is 24.5 Å². The highest BCUT2D eigenvalue weighted by Gasteiger charge is 2.14. The van der Waals surface area contributed by atoms with Crippen molar-refractivity contribution < 1.29 is 0 Å². The third kappa shape index (κ3) is 8.13. The first kappa shape index (κ1) is 16.0. The Balaban J connectivity index is 1.78.